The smallest absolute Gasteiger partial charge is 0.291 e. The zero-order chi connectivity index (χ0) is 16.9. The van der Waals surface area contributed by atoms with Gasteiger partial charge in [-0.05, 0) is 24.6 Å². The fourth-order valence-corrected chi connectivity index (χ4v) is 2.37. The molecule has 0 atom stereocenters. The standard InChI is InChI=1S/C18H18N4O2/c1-13-6-5-9-15(12-13)22-17(14-7-3-2-4-8-14)20-16(21-22)18(24)19-10-11-23/h2-9,12,23H,10-11H2,1H3,(H,19,24). The van der Waals surface area contributed by atoms with E-state index >= 15 is 0 Å². The number of hydrogen-bond acceptors (Lipinski definition) is 4. The number of aliphatic hydroxyl groups is 1. The number of amides is 1. The van der Waals surface area contributed by atoms with E-state index in [2.05, 4.69) is 15.4 Å². The van der Waals surface area contributed by atoms with Crippen molar-refractivity contribution in [1.29, 1.82) is 0 Å². The molecule has 0 saturated carbocycles. The maximum Gasteiger partial charge on any atom is 0.291 e. The molecule has 24 heavy (non-hydrogen) atoms. The highest BCUT2D eigenvalue weighted by Crippen LogP contribution is 2.21. The molecule has 0 spiro atoms. The molecule has 1 heterocycles. The van der Waals surface area contributed by atoms with E-state index in [4.69, 9.17) is 5.11 Å². The van der Waals surface area contributed by atoms with Gasteiger partial charge < -0.3 is 10.4 Å². The Bertz CT molecular complexity index is 843. The highest BCUT2D eigenvalue weighted by Gasteiger charge is 2.18. The van der Waals surface area contributed by atoms with Crippen LogP contribution in [0.5, 0.6) is 0 Å². The van der Waals surface area contributed by atoms with Crippen molar-refractivity contribution in [3.8, 4) is 17.1 Å². The first-order valence-corrected chi connectivity index (χ1v) is 7.67. The second kappa shape index (κ2) is 7.06. The minimum atomic E-state index is -0.410. The molecule has 0 saturated heterocycles. The van der Waals surface area contributed by atoms with Gasteiger partial charge >= 0.3 is 0 Å². The van der Waals surface area contributed by atoms with Crippen LogP contribution in [0.1, 0.15) is 16.2 Å². The third-order valence-electron chi connectivity index (χ3n) is 3.49. The first-order chi connectivity index (χ1) is 11.7. The molecule has 6 nitrogen and oxygen atoms in total. The average Bonchev–Trinajstić information content (AvgIpc) is 3.06. The van der Waals surface area contributed by atoms with Gasteiger partial charge in [0.15, 0.2) is 5.82 Å². The van der Waals surface area contributed by atoms with Crippen LogP contribution in [0.3, 0.4) is 0 Å². The number of aryl methyl sites for hydroxylation is 1. The summed E-state index contributed by atoms with van der Waals surface area (Å²) in [7, 11) is 0. The van der Waals surface area contributed by atoms with Crippen LogP contribution in [0.2, 0.25) is 0 Å². The van der Waals surface area contributed by atoms with Crippen molar-refractivity contribution in [2.45, 2.75) is 6.92 Å². The van der Waals surface area contributed by atoms with E-state index in [-0.39, 0.29) is 19.0 Å². The molecule has 0 aliphatic carbocycles. The number of benzene rings is 2. The monoisotopic (exact) mass is 322 g/mol. The Balaban J connectivity index is 2.08. The van der Waals surface area contributed by atoms with E-state index in [0.29, 0.717) is 5.82 Å². The molecule has 0 aliphatic heterocycles. The summed E-state index contributed by atoms with van der Waals surface area (Å²) < 4.78 is 1.66. The number of nitrogens with one attached hydrogen (secondary N) is 1. The normalized spacial score (nSPS) is 10.6. The SMILES string of the molecule is Cc1cccc(-n2nc(C(=O)NCCO)nc2-c2ccccc2)c1. The first-order valence-electron chi connectivity index (χ1n) is 7.67. The van der Waals surface area contributed by atoms with Crippen LogP contribution in [0.25, 0.3) is 17.1 Å². The van der Waals surface area contributed by atoms with E-state index in [1.54, 1.807) is 4.68 Å². The van der Waals surface area contributed by atoms with Crippen molar-refractivity contribution in [1.82, 2.24) is 20.1 Å². The molecule has 122 valence electrons. The predicted octanol–water partition coefficient (Wildman–Crippen LogP) is 1.96. The van der Waals surface area contributed by atoms with Crippen molar-refractivity contribution in [2.24, 2.45) is 0 Å². The largest absolute Gasteiger partial charge is 0.395 e. The third-order valence-corrected chi connectivity index (χ3v) is 3.49. The summed E-state index contributed by atoms with van der Waals surface area (Å²) in [6.45, 7) is 2.03. The molecule has 0 aliphatic rings. The topological polar surface area (TPSA) is 80.0 Å². The molecule has 1 amide bonds. The Morgan fingerprint density at radius 3 is 2.67 bits per heavy atom. The predicted molar refractivity (Wildman–Crippen MR) is 91.0 cm³/mol. The van der Waals surface area contributed by atoms with Crippen LogP contribution in [0.4, 0.5) is 0 Å². The molecule has 3 aromatic rings. The molecule has 0 fully saturated rings. The summed E-state index contributed by atoms with van der Waals surface area (Å²) in [5.41, 5.74) is 2.79. The van der Waals surface area contributed by atoms with Gasteiger partial charge in [-0.1, -0.05) is 42.5 Å². The summed E-state index contributed by atoms with van der Waals surface area (Å²) in [5.74, 6) is 0.256. The number of rotatable bonds is 5. The van der Waals surface area contributed by atoms with E-state index in [0.717, 1.165) is 16.8 Å². The molecule has 3 rings (SSSR count). The number of carbonyl (C=O) groups is 1. The summed E-state index contributed by atoms with van der Waals surface area (Å²) in [6.07, 6.45) is 0. The average molecular weight is 322 g/mol. The molecule has 6 heteroatoms. The molecular formula is C18H18N4O2. The summed E-state index contributed by atoms with van der Waals surface area (Å²) in [6, 6.07) is 17.4. The van der Waals surface area contributed by atoms with Crippen molar-refractivity contribution in [3.63, 3.8) is 0 Å². The highest BCUT2D eigenvalue weighted by atomic mass is 16.3. The Kier molecular flexibility index (Phi) is 4.67. The summed E-state index contributed by atoms with van der Waals surface area (Å²) in [5, 5.41) is 15.8. The van der Waals surface area contributed by atoms with Crippen LogP contribution < -0.4 is 5.32 Å². The lowest BCUT2D eigenvalue weighted by Gasteiger charge is -2.06. The Hall–Kier alpha value is -2.99. The third kappa shape index (κ3) is 3.33. The zero-order valence-electron chi connectivity index (χ0n) is 13.3. The fourth-order valence-electron chi connectivity index (χ4n) is 2.37. The van der Waals surface area contributed by atoms with Gasteiger partial charge in [-0.25, -0.2) is 9.67 Å². The van der Waals surface area contributed by atoms with Gasteiger partial charge in [-0.2, -0.15) is 0 Å². The van der Waals surface area contributed by atoms with Gasteiger partial charge in [0.1, 0.15) is 0 Å². The van der Waals surface area contributed by atoms with Gasteiger partial charge in [-0.3, -0.25) is 4.79 Å². The van der Waals surface area contributed by atoms with E-state index in [1.165, 1.54) is 0 Å². The second-order valence-corrected chi connectivity index (χ2v) is 5.36. The Morgan fingerprint density at radius 2 is 1.96 bits per heavy atom. The van der Waals surface area contributed by atoms with Crippen molar-refractivity contribution >= 4 is 5.91 Å². The number of aromatic nitrogens is 3. The highest BCUT2D eigenvalue weighted by molar-refractivity contribution is 5.91. The molecule has 0 unspecified atom stereocenters. The lowest BCUT2D eigenvalue weighted by Crippen LogP contribution is -2.27. The van der Waals surface area contributed by atoms with E-state index in [1.807, 2.05) is 61.5 Å². The van der Waals surface area contributed by atoms with Crippen LogP contribution in [0, 0.1) is 6.92 Å². The van der Waals surface area contributed by atoms with Crippen molar-refractivity contribution in [3.05, 3.63) is 66.0 Å². The maximum atomic E-state index is 12.1. The van der Waals surface area contributed by atoms with E-state index < -0.39 is 5.91 Å². The maximum absolute atomic E-state index is 12.1. The fraction of sp³-hybridized carbons (Fsp3) is 0.167. The van der Waals surface area contributed by atoms with Crippen molar-refractivity contribution in [2.75, 3.05) is 13.2 Å². The van der Waals surface area contributed by atoms with Gasteiger partial charge in [-0.15, -0.1) is 5.10 Å². The number of hydrogen-bond donors (Lipinski definition) is 2. The van der Waals surface area contributed by atoms with Gasteiger partial charge in [0.25, 0.3) is 5.91 Å². The lowest BCUT2D eigenvalue weighted by molar-refractivity contribution is 0.0934. The molecule has 0 bridgehead atoms. The van der Waals surface area contributed by atoms with Gasteiger partial charge in [0.05, 0.1) is 12.3 Å². The quantitative estimate of drug-likeness (QED) is 0.752. The Labute approximate surface area is 139 Å². The zero-order valence-corrected chi connectivity index (χ0v) is 13.3. The molecule has 0 radical (unpaired) electrons. The van der Waals surface area contributed by atoms with Crippen LogP contribution in [-0.2, 0) is 0 Å². The molecular weight excluding hydrogens is 304 g/mol. The number of carbonyl (C=O) groups excluding carboxylic acids is 1. The Morgan fingerprint density at radius 1 is 1.17 bits per heavy atom. The minimum absolute atomic E-state index is 0.0730. The van der Waals surface area contributed by atoms with Gasteiger partial charge in [0.2, 0.25) is 5.82 Å². The molecule has 1 aromatic heterocycles. The van der Waals surface area contributed by atoms with Crippen molar-refractivity contribution < 1.29 is 9.90 Å². The van der Waals surface area contributed by atoms with E-state index in [9.17, 15) is 4.79 Å². The van der Waals surface area contributed by atoms with Crippen LogP contribution >= 0.6 is 0 Å². The summed E-state index contributed by atoms with van der Waals surface area (Å²) >= 11 is 0. The number of nitrogens with zero attached hydrogens (tertiary/aromatic N) is 3. The molecule has 2 aromatic carbocycles. The summed E-state index contributed by atoms with van der Waals surface area (Å²) in [4.78, 5) is 16.5. The number of aliphatic hydroxyl groups excluding tert-OH is 1. The first kappa shape index (κ1) is 15.9. The minimum Gasteiger partial charge on any atom is -0.395 e. The van der Waals surface area contributed by atoms with Crippen LogP contribution in [0.15, 0.2) is 54.6 Å². The second-order valence-electron chi connectivity index (χ2n) is 5.36. The lowest BCUT2D eigenvalue weighted by atomic mass is 10.2. The van der Waals surface area contributed by atoms with Crippen LogP contribution in [-0.4, -0.2) is 38.9 Å². The van der Waals surface area contributed by atoms with Gasteiger partial charge in [0, 0.05) is 12.1 Å². The molecule has 2 N–H and O–H groups in total.